The van der Waals surface area contributed by atoms with E-state index in [0.717, 1.165) is 11.8 Å². The van der Waals surface area contributed by atoms with Gasteiger partial charge in [0.1, 0.15) is 5.75 Å². The molecule has 0 aliphatic rings. The number of aromatic nitrogens is 5. The molecule has 0 bridgehead atoms. The Labute approximate surface area is 132 Å². The Morgan fingerprint density at radius 2 is 1.96 bits per heavy atom. The first-order valence-electron chi connectivity index (χ1n) is 6.55. The third-order valence-corrected chi connectivity index (χ3v) is 3.99. The van der Waals surface area contributed by atoms with Crippen LogP contribution in [-0.2, 0) is 9.84 Å². The maximum absolute atomic E-state index is 11.6. The highest BCUT2D eigenvalue weighted by atomic mass is 32.2. The van der Waals surface area contributed by atoms with E-state index in [9.17, 15) is 8.42 Å². The molecule has 0 saturated heterocycles. The van der Waals surface area contributed by atoms with Crippen LogP contribution >= 0.6 is 0 Å². The minimum atomic E-state index is -3.60. The molecule has 0 aliphatic heterocycles. The van der Waals surface area contributed by atoms with E-state index in [2.05, 4.69) is 20.1 Å². The lowest BCUT2D eigenvalue weighted by molar-refractivity contribution is 0.416. The number of rotatable bonds is 3. The van der Waals surface area contributed by atoms with E-state index in [0.29, 0.717) is 17.1 Å². The molecule has 120 valence electrons. The molecule has 2 heterocycles. The number of ether oxygens (including phenoxy) is 1. The summed E-state index contributed by atoms with van der Waals surface area (Å²) in [5.74, 6) is 0.843. The van der Waals surface area contributed by atoms with Crippen LogP contribution in [0, 0.1) is 6.92 Å². The van der Waals surface area contributed by atoms with E-state index < -0.39 is 15.0 Å². The van der Waals surface area contributed by atoms with E-state index >= 15 is 0 Å². The van der Waals surface area contributed by atoms with Crippen LogP contribution in [0.4, 0.5) is 5.95 Å². The fourth-order valence-electron chi connectivity index (χ4n) is 2.06. The second-order valence-corrected chi connectivity index (χ2v) is 6.90. The molecule has 0 amide bonds. The van der Waals surface area contributed by atoms with Gasteiger partial charge in [0, 0.05) is 6.26 Å². The summed E-state index contributed by atoms with van der Waals surface area (Å²) in [6, 6.07) is 5.55. The van der Waals surface area contributed by atoms with Crippen molar-refractivity contribution in [2.75, 3.05) is 19.1 Å². The van der Waals surface area contributed by atoms with Crippen molar-refractivity contribution >= 4 is 21.6 Å². The van der Waals surface area contributed by atoms with Gasteiger partial charge in [0.25, 0.3) is 10.9 Å². The zero-order chi connectivity index (χ0) is 16.8. The second kappa shape index (κ2) is 5.16. The number of hydrogen-bond donors (Lipinski definition) is 1. The van der Waals surface area contributed by atoms with Crippen LogP contribution in [0.25, 0.3) is 17.2 Å². The van der Waals surface area contributed by atoms with Gasteiger partial charge in [-0.25, -0.2) is 8.42 Å². The van der Waals surface area contributed by atoms with Gasteiger partial charge in [-0.2, -0.15) is 19.5 Å². The molecule has 1 aromatic carbocycles. The Morgan fingerprint density at radius 1 is 1.22 bits per heavy atom. The first kappa shape index (κ1) is 15.2. The molecule has 2 aromatic heterocycles. The van der Waals surface area contributed by atoms with Gasteiger partial charge in [-0.1, -0.05) is 11.6 Å². The molecule has 3 aromatic rings. The summed E-state index contributed by atoms with van der Waals surface area (Å²) in [5, 5.41) is 3.85. The summed E-state index contributed by atoms with van der Waals surface area (Å²) < 4.78 is 29.7. The van der Waals surface area contributed by atoms with E-state index in [4.69, 9.17) is 10.5 Å². The highest BCUT2D eigenvalue weighted by Crippen LogP contribution is 2.29. The largest absolute Gasteiger partial charge is 0.496 e. The summed E-state index contributed by atoms with van der Waals surface area (Å²) in [5.41, 5.74) is 7.41. The first-order valence-corrected chi connectivity index (χ1v) is 8.44. The number of sulfone groups is 1. The Kier molecular flexibility index (Phi) is 3.40. The molecule has 2 N–H and O–H groups in total. The predicted octanol–water partition coefficient (Wildman–Crippen LogP) is 0.489. The average molecular weight is 334 g/mol. The number of nitrogens with two attached hydrogens (primary N) is 1. The Bertz CT molecular complexity index is 1010. The van der Waals surface area contributed by atoms with Gasteiger partial charge in [0.05, 0.1) is 12.7 Å². The number of nitrogens with zero attached hydrogens (tertiary/aromatic N) is 5. The van der Waals surface area contributed by atoms with Crippen LogP contribution in [0.2, 0.25) is 0 Å². The van der Waals surface area contributed by atoms with Crippen LogP contribution in [0.1, 0.15) is 5.56 Å². The average Bonchev–Trinajstić information content (AvgIpc) is 2.91. The number of methoxy groups -OCH3 is 1. The third-order valence-electron chi connectivity index (χ3n) is 3.14. The number of anilines is 1. The fourth-order valence-corrected chi connectivity index (χ4v) is 2.57. The molecule has 3 rings (SSSR count). The zero-order valence-corrected chi connectivity index (χ0v) is 13.5. The normalized spacial score (nSPS) is 11.8. The molecule has 0 fully saturated rings. The summed E-state index contributed by atoms with van der Waals surface area (Å²) in [6.45, 7) is 1.93. The van der Waals surface area contributed by atoms with Crippen LogP contribution in [0.3, 0.4) is 0 Å². The van der Waals surface area contributed by atoms with Crippen molar-refractivity contribution in [2.24, 2.45) is 0 Å². The first-order chi connectivity index (χ1) is 10.8. The van der Waals surface area contributed by atoms with Crippen molar-refractivity contribution in [2.45, 2.75) is 12.1 Å². The Morgan fingerprint density at radius 3 is 2.61 bits per heavy atom. The molecule has 10 heteroatoms. The highest BCUT2D eigenvalue weighted by Gasteiger charge is 2.19. The van der Waals surface area contributed by atoms with Gasteiger partial charge in [-0.3, -0.25) is 0 Å². The van der Waals surface area contributed by atoms with Gasteiger partial charge in [-0.15, -0.1) is 5.10 Å². The summed E-state index contributed by atoms with van der Waals surface area (Å²) >= 11 is 0. The molecule has 0 saturated carbocycles. The molecule has 0 aliphatic carbocycles. The van der Waals surface area contributed by atoms with Crippen molar-refractivity contribution in [1.29, 1.82) is 0 Å². The Balaban J connectivity index is 2.26. The third kappa shape index (κ3) is 2.68. The predicted molar refractivity (Wildman–Crippen MR) is 82.8 cm³/mol. The lowest BCUT2D eigenvalue weighted by atomic mass is 10.1. The lowest BCUT2D eigenvalue weighted by Crippen LogP contribution is -2.11. The van der Waals surface area contributed by atoms with Gasteiger partial charge in [0.15, 0.2) is 5.82 Å². The molecule has 0 atom stereocenters. The van der Waals surface area contributed by atoms with Crippen molar-refractivity contribution in [3.05, 3.63) is 23.8 Å². The van der Waals surface area contributed by atoms with Crippen LogP contribution in [-0.4, -0.2) is 46.3 Å². The SMILES string of the molecule is COc1ccc(C)cc1-c1nc2nc(S(C)(=O)=O)nc(N)n2n1. The summed E-state index contributed by atoms with van der Waals surface area (Å²) in [7, 11) is -2.06. The highest BCUT2D eigenvalue weighted by molar-refractivity contribution is 7.90. The lowest BCUT2D eigenvalue weighted by Gasteiger charge is -2.05. The molecule has 9 nitrogen and oxygen atoms in total. The van der Waals surface area contributed by atoms with Crippen molar-refractivity contribution in [3.8, 4) is 17.1 Å². The summed E-state index contributed by atoms with van der Waals surface area (Å²) in [4.78, 5) is 11.9. The Hall–Kier alpha value is -2.75. The molecule has 0 unspecified atom stereocenters. The minimum Gasteiger partial charge on any atom is -0.496 e. The van der Waals surface area contributed by atoms with Crippen molar-refractivity contribution in [3.63, 3.8) is 0 Å². The number of nitrogen functional groups attached to an aromatic ring is 1. The maximum atomic E-state index is 11.6. The maximum Gasteiger partial charge on any atom is 0.258 e. The van der Waals surface area contributed by atoms with E-state index in [1.807, 2.05) is 19.1 Å². The number of benzene rings is 1. The van der Waals surface area contributed by atoms with Gasteiger partial charge in [0.2, 0.25) is 15.8 Å². The molecule has 0 spiro atoms. The molecular formula is C13H14N6O3S. The van der Waals surface area contributed by atoms with E-state index in [-0.39, 0.29) is 11.7 Å². The number of fused-ring (bicyclic) bond motifs is 1. The number of aryl methyl sites for hydroxylation is 1. The minimum absolute atomic E-state index is 0.0523. The molecule has 23 heavy (non-hydrogen) atoms. The smallest absolute Gasteiger partial charge is 0.258 e. The van der Waals surface area contributed by atoms with Crippen LogP contribution in [0.5, 0.6) is 5.75 Å². The fraction of sp³-hybridized carbons (Fsp3) is 0.231. The number of hydrogen-bond acceptors (Lipinski definition) is 8. The van der Waals surface area contributed by atoms with Gasteiger partial charge >= 0.3 is 0 Å². The van der Waals surface area contributed by atoms with Gasteiger partial charge in [-0.05, 0) is 19.1 Å². The van der Waals surface area contributed by atoms with E-state index in [1.54, 1.807) is 13.2 Å². The quantitative estimate of drug-likeness (QED) is 0.733. The topological polar surface area (TPSA) is 125 Å². The van der Waals surface area contributed by atoms with Crippen LogP contribution < -0.4 is 10.5 Å². The van der Waals surface area contributed by atoms with E-state index in [1.165, 1.54) is 4.52 Å². The monoisotopic (exact) mass is 334 g/mol. The van der Waals surface area contributed by atoms with Gasteiger partial charge < -0.3 is 10.5 Å². The second-order valence-electron chi connectivity index (χ2n) is 4.99. The zero-order valence-electron chi connectivity index (χ0n) is 12.7. The summed E-state index contributed by atoms with van der Waals surface area (Å²) in [6.07, 6.45) is 0.999. The van der Waals surface area contributed by atoms with Crippen molar-refractivity contribution < 1.29 is 13.2 Å². The van der Waals surface area contributed by atoms with Crippen molar-refractivity contribution in [1.82, 2.24) is 24.6 Å². The molecule has 0 radical (unpaired) electrons. The van der Waals surface area contributed by atoms with Crippen LogP contribution in [0.15, 0.2) is 23.4 Å². The standard InChI is InChI=1S/C13H14N6O3S/c1-7-4-5-9(22-2)8(6-7)10-15-12-17-13(23(3,20)21)16-11(14)19(12)18-10/h4-6H,1-3H3,(H2,14,15,16,17,18). The molecular weight excluding hydrogens is 320 g/mol.